The van der Waals surface area contributed by atoms with Crippen molar-refractivity contribution in [2.75, 3.05) is 32.7 Å². The van der Waals surface area contributed by atoms with E-state index in [0.717, 1.165) is 43.4 Å². The molecule has 0 radical (unpaired) electrons. The van der Waals surface area contributed by atoms with Crippen LogP contribution in [0, 0.1) is 11.3 Å². The molecule has 7 nitrogen and oxygen atoms in total. The minimum Gasteiger partial charge on any atom is -0.393 e. The minimum atomic E-state index is -0.334. The molecule has 2 saturated heterocycles. The summed E-state index contributed by atoms with van der Waals surface area (Å²) < 4.78 is 0. The molecular weight excluding hydrogens is 436 g/mol. The Bertz CT molecular complexity index is 803. The van der Waals surface area contributed by atoms with Crippen LogP contribution in [0.1, 0.15) is 82.3 Å². The summed E-state index contributed by atoms with van der Waals surface area (Å²) in [4.78, 5) is 20.7. The number of rotatable bonds is 11. The van der Waals surface area contributed by atoms with Crippen molar-refractivity contribution in [2.45, 2.75) is 95.6 Å². The number of imidazole rings is 2. The zero-order chi connectivity index (χ0) is 23.9. The molecule has 194 valence electrons. The Balaban J connectivity index is 1.02. The first-order valence-electron chi connectivity index (χ1n) is 14.3. The molecule has 0 aromatic carbocycles. The Morgan fingerprint density at radius 3 is 2.20 bits per heavy atom. The van der Waals surface area contributed by atoms with Gasteiger partial charge in [0.05, 0.1) is 6.10 Å². The van der Waals surface area contributed by atoms with Gasteiger partial charge in [-0.2, -0.15) is 0 Å². The van der Waals surface area contributed by atoms with Crippen LogP contribution in [0.4, 0.5) is 0 Å². The van der Waals surface area contributed by atoms with Crippen molar-refractivity contribution in [1.29, 1.82) is 0 Å². The fourth-order valence-electron chi connectivity index (χ4n) is 7.02. The number of hydrogen-bond acceptors (Lipinski definition) is 5. The average Bonchev–Trinajstić information content (AvgIpc) is 3.66. The first-order chi connectivity index (χ1) is 17.2. The molecule has 2 aromatic rings. The number of H-pyrrole nitrogens is 2. The first-order valence-corrected chi connectivity index (χ1v) is 14.3. The van der Waals surface area contributed by atoms with Gasteiger partial charge >= 0.3 is 0 Å². The molecule has 2 aliphatic heterocycles. The monoisotopic (exact) mass is 482 g/mol. The number of aromatic nitrogens is 4. The predicted octanol–water partition coefficient (Wildman–Crippen LogP) is 4.19. The molecule has 1 unspecified atom stereocenters. The molecule has 4 heterocycles. The molecule has 35 heavy (non-hydrogen) atoms. The number of likely N-dealkylation sites (tertiary alicyclic amines) is 2. The van der Waals surface area contributed by atoms with Gasteiger partial charge in [0.15, 0.2) is 0 Å². The summed E-state index contributed by atoms with van der Waals surface area (Å²) in [7, 11) is 0. The number of nitrogens with one attached hydrogen (secondary N) is 2. The highest BCUT2D eigenvalue weighted by atomic mass is 16.3. The van der Waals surface area contributed by atoms with Crippen LogP contribution in [0.25, 0.3) is 0 Å². The highest BCUT2D eigenvalue weighted by molar-refractivity contribution is 4.97. The van der Waals surface area contributed by atoms with Gasteiger partial charge in [0.2, 0.25) is 0 Å². The molecule has 1 atom stereocenters. The van der Waals surface area contributed by atoms with Gasteiger partial charge in [-0.05, 0) is 88.9 Å². The van der Waals surface area contributed by atoms with E-state index >= 15 is 0 Å². The molecule has 1 aliphatic carbocycles. The maximum Gasteiger partial charge on any atom is 0.106 e. The van der Waals surface area contributed by atoms with E-state index in [0.29, 0.717) is 5.41 Å². The van der Waals surface area contributed by atoms with Gasteiger partial charge in [-0.15, -0.1) is 0 Å². The maximum absolute atomic E-state index is 11.0. The lowest BCUT2D eigenvalue weighted by molar-refractivity contribution is 0.0615. The van der Waals surface area contributed by atoms with Crippen LogP contribution in [-0.2, 0) is 12.8 Å². The van der Waals surface area contributed by atoms with Gasteiger partial charge in [0, 0.05) is 50.2 Å². The lowest BCUT2D eigenvalue weighted by Gasteiger charge is -2.44. The number of aromatic amines is 2. The number of piperidine rings is 1. The quantitative estimate of drug-likeness (QED) is 0.418. The Morgan fingerprint density at radius 2 is 1.57 bits per heavy atom. The highest BCUT2D eigenvalue weighted by Gasteiger charge is 2.41. The molecular formula is C28H46N6O. The van der Waals surface area contributed by atoms with E-state index in [1.165, 1.54) is 90.5 Å². The Labute approximate surface area is 211 Å². The summed E-state index contributed by atoms with van der Waals surface area (Å²) in [6.07, 6.45) is 23.0. The molecule has 7 heteroatoms. The van der Waals surface area contributed by atoms with Crippen molar-refractivity contribution in [3.8, 4) is 0 Å². The van der Waals surface area contributed by atoms with Gasteiger partial charge < -0.3 is 24.9 Å². The largest absolute Gasteiger partial charge is 0.393 e. The van der Waals surface area contributed by atoms with E-state index in [1.54, 1.807) is 12.4 Å². The summed E-state index contributed by atoms with van der Waals surface area (Å²) in [5, 5.41) is 11.0. The smallest absolute Gasteiger partial charge is 0.106 e. The van der Waals surface area contributed by atoms with Crippen molar-refractivity contribution in [3.05, 3.63) is 36.4 Å². The molecule has 1 spiro atoms. The van der Waals surface area contributed by atoms with Crippen LogP contribution in [0.5, 0.6) is 0 Å². The fourth-order valence-corrected chi connectivity index (χ4v) is 7.02. The lowest BCUT2D eigenvalue weighted by Crippen LogP contribution is -2.46. The van der Waals surface area contributed by atoms with Gasteiger partial charge in [0.25, 0.3) is 0 Å². The number of hydrogen-bond donors (Lipinski definition) is 3. The summed E-state index contributed by atoms with van der Waals surface area (Å²) in [5.41, 5.74) is 0.585. The van der Waals surface area contributed by atoms with E-state index in [2.05, 4.69) is 29.7 Å². The molecule has 1 saturated carbocycles. The summed E-state index contributed by atoms with van der Waals surface area (Å²) in [6, 6.07) is 0.884. The van der Waals surface area contributed by atoms with E-state index in [-0.39, 0.29) is 12.0 Å². The van der Waals surface area contributed by atoms with Crippen LogP contribution >= 0.6 is 0 Å². The van der Waals surface area contributed by atoms with Crippen LogP contribution in [0.15, 0.2) is 24.8 Å². The molecule has 0 amide bonds. The first kappa shape index (κ1) is 25.0. The predicted molar refractivity (Wildman–Crippen MR) is 139 cm³/mol. The third-order valence-corrected chi connectivity index (χ3v) is 9.26. The highest BCUT2D eigenvalue weighted by Crippen LogP contribution is 2.41. The van der Waals surface area contributed by atoms with E-state index in [1.807, 2.05) is 12.4 Å². The van der Waals surface area contributed by atoms with Crippen LogP contribution in [0.2, 0.25) is 0 Å². The third-order valence-electron chi connectivity index (χ3n) is 9.26. The van der Waals surface area contributed by atoms with Crippen LogP contribution < -0.4 is 0 Å². The van der Waals surface area contributed by atoms with Gasteiger partial charge in [0.1, 0.15) is 11.6 Å². The topological polar surface area (TPSA) is 84.1 Å². The Hall–Kier alpha value is -1.70. The number of aliphatic hydroxyl groups is 1. The second-order valence-corrected chi connectivity index (χ2v) is 11.7. The number of aliphatic hydroxyl groups excluding tert-OH is 1. The van der Waals surface area contributed by atoms with Crippen LogP contribution in [-0.4, -0.2) is 79.7 Å². The number of unbranched alkanes of at least 4 members (excludes halogenated alkanes) is 1. The van der Waals surface area contributed by atoms with E-state index in [9.17, 15) is 5.11 Å². The standard InChI is InChI=1S/C28H46N6O/c35-25(23(20-26-29-12-13-30-26)21-27-31-14-15-32-27)8-4-5-16-33-17-9-28(22-33)10-18-34(19-11-28)24-6-2-1-3-7-24/h12-15,23-25,35H,1-11,16-22H2,(H,29,30)(H,31,32). The average molecular weight is 483 g/mol. The summed E-state index contributed by atoms with van der Waals surface area (Å²) in [6.45, 7) is 6.41. The normalized spacial score (nSPS) is 22.9. The molecule has 3 aliphatic rings. The second-order valence-electron chi connectivity index (χ2n) is 11.7. The maximum atomic E-state index is 11.0. The van der Waals surface area contributed by atoms with Crippen molar-refractivity contribution in [1.82, 2.24) is 29.7 Å². The molecule has 5 rings (SSSR count). The SMILES string of the molecule is OC(CCCCN1CCC2(CCN(C3CCCCC3)CC2)C1)C(Cc1ncc[nH]1)Cc1ncc[nH]1. The van der Waals surface area contributed by atoms with Gasteiger partial charge in [-0.1, -0.05) is 19.3 Å². The van der Waals surface area contributed by atoms with Gasteiger partial charge in [-0.3, -0.25) is 0 Å². The number of nitrogens with zero attached hydrogens (tertiary/aromatic N) is 4. The van der Waals surface area contributed by atoms with Crippen molar-refractivity contribution in [3.63, 3.8) is 0 Å². The zero-order valence-electron chi connectivity index (χ0n) is 21.5. The summed E-state index contributed by atoms with van der Waals surface area (Å²) >= 11 is 0. The molecule has 0 bridgehead atoms. The van der Waals surface area contributed by atoms with Crippen molar-refractivity contribution < 1.29 is 5.11 Å². The third kappa shape index (κ3) is 6.75. The zero-order valence-corrected chi connectivity index (χ0v) is 21.5. The summed E-state index contributed by atoms with van der Waals surface area (Å²) in [5.74, 6) is 2.01. The van der Waals surface area contributed by atoms with E-state index < -0.39 is 0 Å². The van der Waals surface area contributed by atoms with Crippen LogP contribution in [0.3, 0.4) is 0 Å². The Kier molecular flexibility index (Phi) is 8.58. The van der Waals surface area contributed by atoms with Gasteiger partial charge in [-0.25, -0.2) is 9.97 Å². The second kappa shape index (κ2) is 12.0. The minimum absolute atomic E-state index is 0.122. The van der Waals surface area contributed by atoms with E-state index in [4.69, 9.17) is 0 Å². The molecule has 2 aromatic heterocycles. The molecule has 3 fully saturated rings. The van der Waals surface area contributed by atoms with Crippen molar-refractivity contribution >= 4 is 0 Å². The lowest BCUT2D eigenvalue weighted by atomic mass is 9.77. The fraction of sp³-hybridized carbons (Fsp3) is 0.786. The van der Waals surface area contributed by atoms with Crippen molar-refractivity contribution in [2.24, 2.45) is 11.3 Å². The molecule has 3 N–H and O–H groups in total. The Morgan fingerprint density at radius 1 is 0.914 bits per heavy atom.